The maximum Gasteiger partial charge on any atom is 0.264 e. The van der Waals surface area contributed by atoms with Crippen LogP contribution in [0.5, 0.6) is 0 Å². The van der Waals surface area contributed by atoms with Crippen molar-refractivity contribution in [2.75, 3.05) is 20.9 Å². The van der Waals surface area contributed by atoms with Gasteiger partial charge in [-0.05, 0) is 97.8 Å². The zero-order valence-corrected chi connectivity index (χ0v) is 23.4. The number of benzene rings is 3. The number of nitrogens with one attached hydrogen (secondary N) is 2. The minimum atomic E-state index is -4.12. The molecule has 3 aromatic carbocycles. The molecule has 0 spiro atoms. The van der Waals surface area contributed by atoms with E-state index in [9.17, 15) is 21.6 Å². The van der Waals surface area contributed by atoms with Gasteiger partial charge in [0.2, 0.25) is 5.91 Å². The molecule has 0 aliphatic carbocycles. The lowest BCUT2D eigenvalue weighted by molar-refractivity contribution is -0.114. The van der Waals surface area contributed by atoms with Crippen molar-refractivity contribution >= 4 is 54.6 Å². The van der Waals surface area contributed by atoms with Gasteiger partial charge in [-0.25, -0.2) is 16.8 Å². The number of pyridine rings is 1. The molecular formula is C27H25ClN4O5S2. The van der Waals surface area contributed by atoms with E-state index in [1.807, 2.05) is 13.8 Å². The number of hydrogen-bond acceptors (Lipinski definition) is 6. The number of aromatic nitrogens is 1. The molecule has 0 bridgehead atoms. The monoisotopic (exact) mass is 584 g/mol. The Kier molecular flexibility index (Phi) is 8.24. The topological polar surface area (TPSA) is 126 Å². The molecule has 39 heavy (non-hydrogen) atoms. The third-order valence-electron chi connectivity index (χ3n) is 5.83. The number of sulfonamides is 2. The summed E-state index contributed by atoms with van der Waals surface area (Å²) in [6.07, 6.45) is 2.91. The molecule has 12 heteroatoms. The zero-order valence-electron chi connectivity index (χ0n) is 21.0. The maximum absolute atomic E-state index is 13.6. The minimum absolute atomic E-state index is 0.0198. The van der Waals surface area contributed by atoms with Gasteiger partial charge < -0.3 is 5.32 Å². The Morgan fingerprint density at radius 1 is 0.846 bits per heavy atom. The van der Waals surface area contributed by atoms with Gasteiger partial charge in [0.25, 0.3) is 20.0 Å². The summed E-state index contributed by atoms with van der Waals surface area (Å²) in [5.74, 6) is -0.616. The molecule has 0 fully saturated rings. The number of aryl methyl sites for hydroxylation is 2. The van der Waals surface area contributed by atoms with Crippen LogP contribution < -0.4 is 14.3 Å². The highest BCUT2D eigenvalue weighted by atomic mass is 35.5. The van der Waals surface area contributed by atoms with Crippen LogP contribution in [0.25, 0.3) is 0 Å². The van der Waals surface area contributed by atoms with Crippen molar-refractivity contribution in [2.24, 2.45) is 0 Å². The predicted molar refractivity (Wildman–Crippen MR) is 152 cm³/mol. The highest BCUT2D eigenvalue weighted by Crippen LogP contribution is 2.27. The van der Waals surface area contributed by atoms with Crippen molar-refractivity contribution in [1.29, 1.82) is 0 Å². The lowest BCUT2D eigenvalue weighted by atomic mass is 10.1. The van der Waals surface area contributed by atoms with E-state index in [0.717, 1.165) is 15.4 Å². The van der Waals surface area contributed by atoms with Crippen LogP contribution >= 0.6 is 11.6 Å². The maximum atomic E-state index is 13.6. The Hall–Kier alpha value is -3.93. The van der Waals surface area contributed by atoms with E-state index in [-0.39, 0.29) is 9.79 Å². The molecule has 0 radical (unpaired) electrons. The van der Waals surface area contributed by atoms with Gasteiger partial charge in [0.1, 0.15) is 6.54 Å². The molecule has 1 amide bonds. The molecule has 9 nitrogen and oxygen atoms in total. The number of amides is 1. The summed E-state index contributed by atoms with van der Waals surface area (Å²) < 4.78 is 55.9. The van der Waals surface area contributed by atoms with Gasteiger partial charge in [0, 0.05) is 16.9 Å². The van der Waals surface area contributed by atoms with Crippen molar-refractivity contribution in [3.8, 4) is 0 Å². The number of halogens is 1. The van der Waals surface area contributed by atoms with Crippen LogP contribution in [0.3, 0.4) is 0 Å². The van der Waals surface area contributed by atoms with Crippen LogP contribution in [0.1, 0.15) is 11.1 Å². The minimum Gasteiger partial charge on any atom is -0.325 e. The standard InChI is InChI=1S/C27H25ClN4O5S2/c1-19-5-10-24(16-20(19)2)32(39(36,37)26-11-6-21(28)7-12-26)18-27(33)30-22-8-13-25(14-9-22)38(34,35)31-23-4-3-15-29-17-23/h3-17,31H,18H2,1-2H3,(H,30,33). The molecule has 0 saturated heterocycles. The van der Waals surface area contributed by atoms with Crippen molar-refractivity contribution in [2.45, 2.75) is 23.6 Å². The van der Waals surface area contributed by atoms with E-state index < -0.39 is 32.5 Å². The fraction of sp³-hybridized carbons (Fsp3) is 0.111. The fourth-order valence-electron chi connectivity index (χ4n) is 3.62. The lowest BCUT2D eigenvalue weighted by Gasteiger charge is -2.25. The first-order valence-electron chi connectivity index (χ1n) is 11.6. The summed E-state index contributed by atoms with van der Waals surface area (Å²) in [4.78, 5) is 16.9. The van der Waals surface area contributed by atoms with Crippen molar-refractivity contribution in [1.82, 2.24) is 4.98 Å². The van der Waals surface area contributed by atoms with E-state index in [2.05, 4.69) is 15.0 Å². The van der Waals surface area contributed by atoms with Gasteiger partial charge in [-0.3, -0.25) is 18.8 Å². The van der Waals surface area contributed by atoms with Gasteiger partial charge in [0.05, 0.1) is 27.4 Å². The SMILES string of the molecule is Cc1ccc(N(CC(=O)Nc2ccc(S(=O)(=O)Nc3cccnc3)cc2)S(=O)(=O)c2ccc(Cl)cc2)cc1C. The first-order valence-corrected chi connectivity index (χ1v) is 14.9. The molecule has 0 aliphatic rings. The van der Waals surface area contributed by atoms with Gasteiger partial charge in [-0.2, -0.15) is 0 Å². The smallest absolute Gasteiger partial charge is 0.264 e. The number of nitrogens with zero attached hydrogens (tertiary/aromatic N) is 2. The normalized spacial score (nSPS) is 11.6. The summed E-state index contributed by atoms with van der Waals surface area (Å²) in [5.41, 5.74) is 2.76. The molecule has 1 heterocycles. The molecule has 4 aromatic rings. The summed E-state index contributed by atoms with van der Waals surface area (Å²) in [5, 5.41) is 3.02. The van der Waals surface area contributed by atoms with Crippen molar-refractivity contribution in [3.63, 3.8) is 0 Å². The number of anilines is 3. The summed E-state index contributed by atoms with van der Waals surface area (Å²) in [6.45, 7) is 3.24. The van der Waals surface area contributed by atoms with Crippen LogP contribution in [-0.4, -0.2) is 34.3 Å². The fourth-order valence-corrected chi connectivity index (χ4v) is 6.20. The second-order valence-corrected chi connectivity index (χ2v) is 12.6. The summed E-state index contributed by atoms with van der Waals surface area (Å²) in [6, 6.07) is 19.5. The van der Waals surface area contributed by atoms with Crippen LogP contribution in [-0.2, 0) is 24.8 Å². The predicted octanol–water partition coefficient (Wildman–Crippen LogP) is 4.99. The molecule has 0 saturated carbocycles. The third kappa shape index (κ3) is 6.75. The quantitative estimate of drug-likeness (QED) is 0.286. The van der Waals surface area contributed by atoms with Crippen LogP contribution in [0.4, 0.5) is 17.1 Å². The van der Waals surface area contributed by atoms with Gasteiger partial charge in [0.15, 0.2) is 0 Å². The van der Waals surface area contributed by atoms with Gasteiger partial charge in [-0.1, -0.05) is 17.7 Å². The number of carbonyl (C=O) groups excluding carboxylic acids is 1. The highest BCUT2D eigenvalue weighted by molar-refractivity contribution is 7.93. The zero-order chi connectivity index (χ0) is 28.2. The Labute approximate surface area is 232 Å². The van der Waals surface area contributed by atoms with Crippen molar-refractivity contribution in [3.05, 3.63) is 107 Å². The first kappa shape index (κ1) is 28.1. The number of carbonyl (C=O) groups is 1. The summed E-state index contributed by atoms with van der Waals surface area (Å²) >= 11 is 5.93. The van der Waals surface area contributed by atoms with Crippen molar-refractivity contribution < 1.29 is 21.6 Å². The Morgan fingerprint density at radius 2 is 1.51 bits per heavy atom. The van der Waals surface area contributed by atoms with Crippen LogP contribution in [0.2, 0.25) is 5.02 Å². The molecule has 0 atom stereocenters. The molecular weight excluding hydrogens is 560 g/mol. The molecule has 1 aromatic heterocycles. The summed E-state index contributed by atoms with van der Waals surface area (Å²) in [7, 11) is -8.00. The lowest BCUT2D eigenvalue weighted by Crippen LogP contribution is -2.38. The number of rotatable bonds is 9. The van der Waals surface area contributed by atoms with Crippen LogP contribution in [0.15, 0.2) is 101 Å². The highest BCUT2D eigenvalue weighted by Gasteiger charge is 2.27. The second kappa shape index (κ2) is 11.4. The first-order chi connectivity index (χ1) is 18.5. The molecule has 0 aliphatic heterocycles. The van der Waals surface area contributed by atoms with E-state index in [1.54, 1.807) is 30.3 Å². The Bertz CT molecular complexity index is 1700. The van der Waals surface area contributed by atoms with E-state index in [4.69, 9.17) is 11.6 Å². The van der Waals surface area contributed by atoms with E-state index >= 15 is 0 Å². The largest absolute Gasteiger partial charge is 0.325 e. The average Bonchev–Trinajstić information content (AvgIpc) is 2.90. The van der Waals surface area contributed by atoms with Gasteiger partial charge >= 0.3 is 0 Å². The van der Waals surface area contributed by atoms with E-state index in [0.29, 0.717) is 22.1 Å². The van der Waals surface area contributed by atoms with E-state index in [1.165, 1.54) is 60.9 Å². The molecule has 4 rings (SSSR count). The van der Waals surface area contributed by atoms with Crippen LogP contribution in [0, 0.1) is 13.8 Å². The number of hydrogen-bond donors (Lipinski definition) is 2. The second-order valence-electron chi connectivity index (χ2n) is 8.65. The molecule has 202 valence electrons. The molecule has 0 unspecified atom stereocenters. The van der Waals surface area contributed by atoms with Gasteiger partial charge in [-0.15, -0.1) is 0 Å². The Balaban J connectivity index is 1.55. The average molecular weight is 585 g/mol. The molecule has 2 N–H and O–H groups in total. The Morgan fingerprint density at radius 3 is 2.13 bits per heavy atom. The third-order valence-corrected chi connectivity index (χ3v) is 9.27.